The summed E-state index contributed by atoms with van der Waals surface area (Å²) in [6.45, 7) is 0.963. The van der Waals surface area contributed by atoms with E-state index in [-0.39, 0.29) is 37.1 Å². The fourth-order valence-corrected chi connectivity index (χ4v) is 5.57. The number of carbonyl (C=O) groups excluding carboxylic acids is 2. The van der Waals surface area contributed by atoms with Crippen molar-refractivity contribution in [3.8, 4) is 11.5 Å². The van der Waals surface area contributed by atoms with Gasteiger partial charge in [-0.3, -0.25) is 9.59 Å². The summed E-state index contributed by atoms with van der Waals surface area (Å²) in [6.07, 6.45) is 4.51. The van der Waals surface area contributed by atoms with Crippen LogP contribution in [0, 0.1) is 5.92 Å². The Hall–Kier alpha value is -2.91. The second kappa shape index (κ2) is 10.1. The molecule has 34 heavy (non-hydrogen) atoms. The van der Waals surface area contributed by atoms with Gasteiger partial charge in [0.15, 0.2) is 11.5 Å². The van der Waals surface area contributed by atoms with Gasteiger partial charge in [0.25, 0.3) is 5.91 Å². The molecule has 5 rings (SSSR count). The molecule has 0 N–H and O–H groups in total. The lowest BCUT2D eigenvalue weighted by molar-refractivity contribution is -0.144. The van der Waals surface area contributed by atoms with Crippen LogP contribution >= 0.6 is 11.3 Å². The molecule has 1 fully saturated rings. The van der Waals surface area contributed by atoms with E-state index in [1.807, 2.05) is 35.7 Å². The molecule has 8 nitrogen and oxygen atoms in total. The highest BCUT2D eigenvalue weighted by Crippen LogP contribution is 2.39. The minimum atomic E-state index is -0.273. The summed E-state index contributed by atoms with van der Waals surface area (Å²) in [5.41, 5.74) is 1.80. The first kappa shape index (κ1) is 22.9. The number of methoxy groups -OCH3 is 1. The highest BCUT2D eigenvalue weighted by molar-refractivity contribution is 7.12. The van der Waals surface area contributed by atoms with Crippen LogP contribution in [0.3, 0.4) is 0 Å². The van der Waals surface area contributed by atoms with Crippen molar-refractivity contribution >= 4 is 28.9 Å². The van der Waals surface area contributed by atoms with Gasteiger partial charge in [-0.15, -0.1) is 11.3 Å². The largest absolute Gasteiger partial charge is 0.454 e. The number of nitrogens with zero attached hydrogens (tertiary/aromatic N) is 3. The second-order valence-electron chi connectivity index (χ2n) is 8.83. The van der Waals surface area contributed by atoms with Crippen molar-refractivity contribution in [2.45, 2.75) is 38.1 Å². The lowest BCUT2D eigenvalue weighted by atomic mass is 10.0. The standard InChI is InChI=1S/C25H29N3O5S/c1-31-11-10-27(25(30)17-5-2-3-6-17)15-24(29)28-20(14-19(26-28)23-7-4-12-34-23)18-8-9-21-22(13-18)33-16-32-21/h4,7-9,12-13,17,20H,2-3,5-6,10-11,14-16H2,1H3/t20-/m0/s1. The third-order valence-corrected chi connectivity index (χ3v) is 7.58. The van der Waals surface area contributed by atoms with Crippen molar-refractivity contribution in [2.75, 3.05) is 33.6 Å². The minimum absolute atomic E-state index is 0.00179. The molecule has 1 saturated carbocycles. The molecule has 0 saturated heterocycles. The number of ether oxygens (including phenoxy) is 3. The van der Waals surface area contributed by atoms with E-state index in [1.165, 1.54) is 0 Å². The quantitative estimate of drug-likeness (QED) is 0.570. The van der Waals surface area contributed by atoms with Crippen LogP contribution in [0.1, 0.15) is 48.6 Å². The average Bonchev–Trinajstić information content (AvgIpc) is 3.66. The van der Waals surface area contributed by atoms with Gasteiger partial charge in [-0.25, -0.2) is 5.01 Å². The lowest BCUT2D eigenvalue weighted by Crippen LogP contribution is -2.44. The SMILES string of the molecule is COCCN(CC(=O)N1N=C(c2cccs2)C[C@H]1c1ccc2c(c1)OCO2)C(=O)C1CCCC1. The maximum absolute atomic E-state index is 13.6. The number of hydrazone groups is 1. The van der Waals surface area contributed by atoms with E-state index in [0.29, 0.717) is 31.1 Å². The highest BCUT2D eigenvalue weighted by Gasteiger charge is 2.36. The molecule has 180 valence electrons. The predicted octanol–water partition coefficient (Wildman–Crippen LogP) is 3.82. The first-order valence-corrected chi connectivity index (χ1v) is 12.6. The molecule has 0 radical (unpaired) electrons. The van der Waals surface area contributed by atoms with Crippen molar-refractivity contribution in [1.82, 2.24) is 9.91 Å². The molecular weight excluding hydrogens is 454 g/mol. The lowest BCUT2D eigenvalue weighted by Gasteiger charge is -2.28. The van der Waals surface area contributed by atoms with Crippen LogP contribution in [-0.4, -0.2) is 61.0 Å². The first-order chi connectivity index (χ1) is 16.6. The molecule has 3 heterocycles. The fraction of sp³-hybridized carbons (Fsp3) is 0.480. The molecular formula is C25H29N3O5S. The van der Waals surface area contributed by atoms with E-state index in [2.05, 4.69) is 0 Å². The predicted molar refractivity (Wildman–Crippen MR) is 128 cm³/mol. The Morgan fingerprint density at radius 3 is 2.79 bits per heavy atom. The molecule has 2 aromatic rings. The summed E-state index contributed by atoms with van der Waals surface area (Å²) in [5, 5.41) is 8.30. The van der Waals surface area contributed by atoms with Crippen LogP contribution < -0.4 is 9.47 Å². The van der Waals surface area contributed by atoms with Gasteiger partial charge in [0.2, 0.25) is 12.7 Å². The van der Waals surface area contributed by atoms with Crippen molar-refractivity contribution in [3.63, 3.8) is 0 Å². The Labute approximate surface area is 203 Å². The zero-order valence-corrected chi connectivity index (χ0v) is 20.1. The summed E-state index contributed by atoms with van der Waals surface area (Å²) in [4.78, 5) is 29.5. The zero-order valence-electron chi connectivity index (χ0n) is 19.3. The third-order valence-electron chi connectivity index (χ3n) is 6.66. The molecule has 1 aliphatic carbocycles. The zero-order chi connectivity index (χ0) is 23.5. The second-order valence-corrected chi connectivity index (χ2v) is 9.78. The Morgan fingerprint density at radius 2 is 2.03 bits per heavy atom. The minimum Gasteiger partial charge on any atom is -0.454 e. The molecule has 1 aromatic heterocycles. The molecule has 0 unspecified atom stereocenters. The summed E-state index contributed by atoms with van der Waals surface area (Å²) in [7, 11) is 1.60. The summed E-state index contributed by atoms with van der Waals surface area (Å²) >= 11 is 1.60. The first-order valence-electron chi connectivity index (χ1n) is 11.7. The maximum atomic E-state index is 13.6. The average molecular weight is 484 g/mol. The van der Waals surface area contributed by atoms with Gasteiger partial charge in [0, 0.05) is 26.0 Å². The van der Waals surface area contributed by atoms with Crippen molar-refractivity contribution in [3.05, 3.63) is 46.2 Å². The van der Waals surface area contributed by atoms with Gasteiger partial charge < -0.3 is 19.1 Å². The third kappa shape index (κ3) is 4.67. The normalized spacial score (nSPS) is 19.5. The maximum Gasteiger partial charge on any atom is 0.262 e. The van der Waals surface area contributed by atoms with Crippen LogP contribution in [0.15, 0.2) is 40.8 Å². The van der Waals surface area contributed by atoms with E-state index in [9.17, 15) is 9.59 Å². The molecule has 9 heteroatoms. The summed E-state index contributed by atoms with van der Waals surface area (Å²) in [5.74, 6) is 1.22. The van der Waals surface area contributed by atoms with Gasteiger partial charge in [0.1, 0.15) is 6.54 Å². The van der Waals surface area contributed by atoms with E-state index < -0.39 is 0 Å². The number of amides is 2. The Kier molecular flexibility index (Phi) is 6.82. The Morgan fingerprint density at radius 1 is 1.21 bits per heavy atom. The van der Waals surface area contributed by atoms with Gasteiger partial charge in [-0.2, -0.15) is 5.10 Å². The molecule has 0 spiro atoms. The molecule has 2 amide bonds. The van der Waals surface area contributed by atoms with E-state index in [4.69, 9.17) is 19.3 Å². The number of carbonyl (C=O) groups is 2. The monoisotopic (exact) mass is 483 g/mol. The highest BCUT2D eigenvalue weighted by atomic mass is 32.1. The van der Waals surface area contributed by atoms with E-state index >= 15 is 0 Å². The summed E-state index contributed by atoms with van der Waals surface area (Å²) < 4.78 is 16.2. The number of hydrogen-bond donors (Lipinski definition) is 0. The van der Waals surface area contributed by atoms with Crippen molar-refractivity contribution < 1.29 is 23.8 Å². The molecule has 1 aromatic carbocycles. The number of fused-ring (bicyclic) bond motifs is 1. The van der Waals surface area contributed by atoms with Crippen LogP contribution in [0.4, 0.5) is 0 Å². The van der Waals surface area contributed by atoms with Crippen molar-refractivity contribution in [2.24, 2.45) is 11.0 Å². The van der Waals surface area contributed by atoms with Gasteiger partial charge in [-0.05, 0) is 42.0 Å². The fourth-order valence-electron chi connectivity index (χ4n) is 4.85. The van der Waals surface area contributed by atoms with Gasteiger partial charge in [-0.1, -0.05) is 25.0 Å². The van der Waals surface area contributed by atoms with Gasteiger partial charge >= 0.3 is 0 Å². The van der Waals surface area contributed by atoms with Crippen molar-refractivity contribution in [1.29, 1.82) is 0 Å². The van der Waals surface area contributed by atoms with Crippen LogP contribution in [0.2, 0.25) is 0 Å². The van der Waals surface area contributed by atoms with E-state index in [0.717, 1.165) is 41.8 Å². The molecule has 2 aliphatic heterocycles. The summed E-state index contributed by atoms with van der Waals surface area (Å²) in [6, 6.07) is 9.48. The number of hydrogen-bond acceptors (Lipinski definition) is 7. The Bertz CT molecular complexity index is 1060. The number of rotatable bonds is 8. The van der Waals surface area contributed by atoms with Crippen LogP contribution in [0.25, 0.3) is 0 Å². The van der Waals surface area contributed by atoms with Crippen LogP contribution in [0.5, 0.6) is 11.5 Å². The Balaban J connectivity index is 1.39. The molecule has 0 bridgehead atoms. The molecule has 1 atom stereocenters. The van der Waals surface area contributed by atoms with Crippen LogP contribution in [-0.2, 0) is 14.3 Å². The molecule has 3 aliphatic rings. The number of thiophene rings is 1. The number of benzene rings is 1. The van der Waals surface area contributed by atoms with E-state index in [1.54, 1.807) is 28.4 Å². The topological polar surface area (TPSA) is 80.7 Å². The van der Waals surface area contributed by atoms with Gasteiger partial charge in [0.05, 0.1) is 23.2 Å². The smallest absolute Gasteiger partial charge is 0.262 e.